The largest absolute Gasteiger partial charge is 0.364 e. The zero-order valence-electron chi connectivity index (χ0n) is 15.5. The number of carbonyl (C=O) groups is 1. The fourth-order valence-corrected chi connectivity index (χ4v) is 4.67. The van der Waals surface area contributed by atoms with Crippen LogP contribution in [0.15, 0.2) is 52.6 Å². The van der Waals surface area contributed by atoms with Crippen LogP contribution >= 0.6 is 0 Å². The molecule has 3 N–H and O–H groups in total. The molecule has 0 fully saturated rings. The van der Waals surface area contributed by atoms with Gasteiger partial charge >= 0.3 is 0 Å². The molecule has 0 aliphatic carbocycles. The Labute approximate surface area is 163 Å². The molecule has 2 atom stereocenters. The summed E-state index contributed by atoms with van der Waals surface area (Å²) in [4.78, 5) is 20.9. The summed E-state index contributed by atoms with van der Waals surface area (Å²) >= 11 is 0. The van der Waals surface area contributed by atoms with E-state index in [0.717, 1.165) is 22.3 Å². The van der Waals surface area contributed by atoms with E-state index >= 15 is 0 Å². The lowest BCUT2D eigenvalue weighted by atomic mass is 9.81. The van der Waals surface area contributed by atoms with Crippen LogP contribution in [0, 0.1) is 6.92 Å². The maximum atomic E-state index is 12.3. The van der Waals surface area contributed by atoms with Gasteiger partial charge in [0.25, 0.3) is 5.91 Å². The molecular weight excluding hydrogens is 376 g/mol. The summed E-state index contributed by atoms with van der Waals surface area (Å²) < 4.78 is 24.6. The maximum Gasteiger partial charge on any atom is 0.265 e. The van der Waals surface area contributed by atoms with E-state index in [0.29, 0.717) is 5.82 Å². The number of amides is 1. The predicted molar refractivity (Wildman–Crippen MR) is 108 cm³/mol. The third kappa shape index (κ3) is 2.90. The Morgan fingerprint density at radius 3 is 2.79 bits per heavy atom. The van der Waals surface area contributed by atoms with E-state index in [-0.39, 0.29) is 22.3 Å². The highest BCUT2D eigenvalue weighted by Gasteiger charge is 2.42. The van der Waals surface area contributed by atoms with Gasteiger partial charge in [-0.3, -0.25) is 9.79 Å². The minimum Gasteiger partial charge on any atom is -0.364 e. The van der Waals surface area contributed by atoms with Crippen LogP contribution < -0.4 is 11.1 Å². The highest BCUT2D eigenvalue weighted by molar-refractivity contribution is 7.91. The number of carbonyl (C=O) groups excluding carboxylic acids is 1. The molecule has 0 radical (unpaired) electrons. The number of nitrogens with zero attached hydrogens (tertiary/aromatic N) is 2. The fourth-order valence-electron chi connectivity index (χ4n) is 3.74. The van der Waals surface area contributed by atoms with E-state index in [1.54, 1.807) is 37.5 Å². The Morgan fingerprint density at radius 2 is 2.07 bits per heavy atom. The predicted octanol–water partition coefficient (Wildman–Crippen LogP) is 2.04. The molecule has 1 aromatic carbocycles. The van der Waals surface area contributed by atoms with Crippen LogP contribution in [-0.2, 0) is 14.6 Å². The van der Waals surface area contributed by atoms with Gasteiger partial charge in [-0.1, -0.05) is 25.1 Å². The average Bonchev–Trinajstić information content (AvgIpc) is 3.06. The first kappa shape index (κ1) is 18.4. The number of primary amides is 1. The van der Waals surface area contributed by atoms with E-state index in [4.69, 9.17) is 5.73 Å². The van der Waals surface area contributed by atoms with Crippen LogP contribution in [-0.4, -0.2) is 36.8 Å². The summed E-state index contributed by atoms with van der Waals surface area (Å²) in [7, 11) is -3.34. The molecule has 2 aliphatic heterocycles. The summed E-state index contributed by atoms with van der Waals surface area (Å²) in [6.07, 6.45) is 3.36. The minimum absolute atomic E-state index is 0.0268. The number of hydrogen-bond acceptors (Lipinski definition) is 6. The number of pyridine rings is 1. The standard InChI is InChI=1S/C20H20N4O3S/c1-3-28(26,27)13-6-4-5-12(8-13)15-10-22-18(19(21)25)17-16(15)14-7-11(2)9-23-20(14)24-17/h4-10,16-17H,3H2,1-2H3,(H2,21,25)(H,23,24). The zero-order chi connectivity index (χ0) is 20.1. The lowest BCUT2D eigenvalue weighted by Crippen LogP contribution is -2.41. The molecule has 8 heteroatoms. The van der Waals surface area contributed by atoms with Crippen molar-refractivity contribution in [1.29, 1.82) is 0 Å². The number of rotatable bonds is 4. The Balaban J connectivity index is 1.89. The van der Waals surface area contributed by atoms with Crippen LogP contribution in [0.3, 0.4) is 0 Å². The summed E-state index contributed by atoms with van der Waals surface area (Å²) in [5, 5.41) is 3.25. The van der Waals surface area contributed by atoms with Gasteiger partial charge in [-0.2, -0.15) is 0 Å². The Bertz CT molecular complexity index is 1150. The van der Waals surface area contributed by atoms with Gasteiger partial charge in [0.05, 0.1) is 16.7 Å². The van der Waals surface area contributed by atoms with Crippen molar-refractivity contribution in [2.45, 2.75) is 30.7 Å². The van der Waals surface area contributed by atoms with Crippen molar-refractivity contribution < 1.29 is 13.2 Å². The number of benzene rings is 1. The highest BCUT2D eigenvalue weighted by Crippen LogP contribution is 2.46. The number of aromatic nitrogens is 1. The highest BCUT2D eigenvalue weighted by atomic mass is 32.2. The normalized spacial score (nSPS) is 20.5. The van der Waals surface area contributed by atoms with Crippen LogP contribution in [0.4, 0.5) is 5.82 Å². The van der Waals surface area contributed by atoms with E-state index in [2.05, 4.69) is 15.3 Å². The molecule has 28 heavy (non-hydrogen) atoms. The van der Waals surface area contributed by atoms with Gasteiger partial charge in [0.15, 0.2) is 9.84 Å². The van der Waals surface area contributed by atoms with E-state index in [1.807, 2.05) is 19.1 Å². The first-order valence-electron chi connectivity index (χ1n) is 8.95. The van der Waals surface area contributed by atoms with Crippen molar-refractivity contribution >= 4 is 32.8 Å². The minimum atomic E-state index is -3.34. The maximum absolute atomic E-state index is 12.3. The quantitative estimate of drug-likeness (QED) is 0.821. The third-order valence-electron chi connectivity index (χ3n) is 5.15. The van der Waals surface area contributed by atoms with Crippen LogP contribution in [0.2, 0.25) is 0 Å². The first-order valence-corrected chi connectivity index (χ1v) is 10.6. The molecule has 2 aliphatic rings. The monoisotopic (exact) mass is 396 g/mol. The molecule has 0 saturated heterocycles. The van der Waals surface area contributed by atoms with Gasteiger partial charge in [0.1, 0.15) is 11.5 Å². The Morgan fingerprint density at radius 1 is 1.29 bits per heavy atom. The van der Waals surface area contributed by atoms with Crippen molar-refractivity contribution in [3.05, 3.63) is 59.4 Å². The van der Waals surface area contributed by atoms with Gasteiger partial charge in [0, 0.05) is 23.9 Å². The molecule has 7 nitrogen and oxygen atoms in total. The van der Waals surface area contributed by atoms with Crippen molar-refractivity contribution in [2.75, 3.05) is 11.1 Å². The Kier molecular flexibility index (Phi) is 4.30. The molecule has 1 aromatic heterocycles. The van der Waals surface area contributed by atoms with Gasteiger partial charge in [0.2, 0.25) is 0 Å². The smallest absolute Gasteiger partial charge is 0.265 e. The lowest BCUT2D eigenvalue weighted by Gasteiger charge is -2.26. The molecule has 0 saturated carbocycles. The van der Waals surface area contributed by atoms with E-state index in [1.165, 1.54) is 0 Å². The van der Waals surface area contributed by atoms with Crippen LogP contribution in [0.1, 0.15) is 29.5 Å². The molecule has 3 heterocycles. The number of sulfone groups is 1. The molecule has 4 rings (SSSR count). The lowest BCUT2D eigenvalue weighted by molar-refractivity contribution is -0.112. The van der Waals surface area contributed by atoms with E-state index in [9.17, 15) is 13.2 Å². The molecule has 0 bridgehead atoms. The van der Waals surface area contributed by atoms with Crippen molar-refractivity contribution in [3.8, 4) is 0 Å². The second kappa shape index (κ2) is 6.56. The number of anilines is 1. The Hall–Kier alpha value is -3.00. The van der Waals surface area contributed by atoms with Crippen molar-refractivity contribution in [3.63, 3.8) is 0 Å². The van der Waals surface area contributed by atoms with Crippen LogP contribution in [0.5, 0.6) is 0 Å². The fraction of sp³-hybridized carbons (Fsp3) is 0.250. The SMILES string of the molecule is CCS(=O)(=O)c1cccc(C2=CN=C(C(N)=O)C3Nc4ncc(C)cc4C23)c1. The molecule has 144 valence electrons. The summed E-state index contributed by atoms with van der Waals surface area (Å²) in [5.74, 6) is -0.120. The molecule has 0 spiro atoms. The molecule has 2 unspecified atom stereocenters. The first-order chi connectivity index (χ1) is 13.3. The van der Waals surface area contributed by atoms with Gasteiger partial charge in [-0.15, -0.1) is 0 Å². The number of hydrogen-bond donors (Lipinski definition) is 2. The van der Waals surface area contributed by atoms with Crippen molar-refractivity contribution in [2.24, 2.45) is 10.7 Å². The van der Waals surface area contributed by atoms with Crippen molar-refractivity contribution in [1.82, 2.24) is 4.98 Å². The second-order valence-electron chi connectivity index (χ2n) is 6.94. The second-order valence-corrected chi connectivity index (χ2v) is 9.22. The van der Waals surface area contributed by atoms with Gasteiger partial charge in [-0.05, 0) is 35.8 Å². The van der Waals surface area contributed by atoms with Gasteiger partial charge < -0.3 is 11.1 Å². The zero-order valence-corrected chi connectivity index (χ0v) is 16.3. The van der Waals surface area contributed by atoms with Gasteiger partial charge in [-0.25, -0.2) is 13.4 Å². The number of nitrogens with two attached hydrogens (primary N) is 1. The van der Waals surface area contributed by atoms with E-state index < -0.39 is 21.8 Å². The van der Waals surface area contributed by atoms with Crippen LogP contribution in [0.25, 0.3) is 5.57 Å². The topological polar surface area (TPSA) is 115 Å². The summed E-state index contributed by atoms with van der Waals surface area (Å²) in [6, 6.07) is 8.40. The molecular formula is C20H20N4O3S. The number of aliphatic imine (C=N–C) groups is 1. The number of aryl methyl sites for hydroxylation is 1. The number of nitrogens with one attached hydrogen (secondary N) is 1. The summed E-state index contributed by atoms with van der Waals surface area (Å²) in [6.45, 7) is 3.57. The average molecular weight is 396 g/mol. The molecule has 1 amide bonds. The number of fused-ring (bicyclic) bond motifs is 3. The molecule has 2 aromatic rings. The summed E-state index contributed by atoms with van der Waals surface area (Å²) in [5.41, 5.74) is 9.27. The third-order valence-corrected chi connectivity index (χ3v) is 6.88.